The molecular weight excluding hydrogens is 202 g/mol. The van der Waals surface area contributed by atoms with Gasteiger partial charge in [0.25, 0.3) is 0 Å². The second-order valence-corrected chi connectivity index (χ2v) is 4.12. The fourth-order valence-corrected chi connectivity index (χ4v) is 0.795. The Kier molecular flexibility index (Phi) is 4.70. The average Bonchev–Trinajstić information content (AvgIpc) is 2.16. The number of aliphatic hydroxyl groups excluding tert-OH is 2. The zero-order valence-corrected chi connectivity index (χ0v) is 9.02. The molecule has 0 heterocycles. The normalized spacial score (nSPS) is 15.5. The second-order valence-electron chi connectivity index (χ2n) is 4.12. The molecule has 88 valence electrons. The summed E-state index contributed by atoms with van der Waals surface area (Å²) in [6, 6.07) is -1.07. The lowest BCUT2D eigenvalue weighted by molar-refractivity contribution is -0.145. The van der Waals surface area contributed by atoms with Gasteiger partial charge in [-0.25, -0.2) is 0 Å². The Morgan fingerprint density at radius 1 is 1.40 bits per heavy atom. The van der Waals surface area contributed by atoms with Crippen LogP contribution in [0, 0.1) is 5.41 Å². The van der Waals surface area contributed by atoms with E-state index in [1.54, 1.807) is 0 Å². The minimum Gasteiger partial charge on any atom is -0.480 e. The summed E-state index contributed by atoms with van der Waals surface area (Å²) in [6.45, 7) is 3.92. The Morgan fingerprint density at radius 2 is 1.87 bits per heavy atom. The molecule has 6 nitrogen and oxygen atoms in total. The number of carbonyl (C=O) groups excluding carboxylic acids is 1. The maximum atomic E-state index is 11.3. The van der Waals surface area contributed by atoms with Crippen molar-refractivity contribution in [3.05, 3.63) is 0 Å². The van der Waals surface area contributed by atoms with Gasteiger partial charge >= 0.3 is 5.97 Å². The summed E-state index contributed by atoms with van der Waals surface area (Å²) in [7, 11) is 0. The molecule has 0 aliphatic rings. The lowest BCUT2D eigenvalue weighted by Crippen LogP contribution is -2.49. The lowest BCUT2D eigenvalue weighted by atomic mass is 9.87. The van der Waals surface area contributed by atoms with Crippen LogP contribution in [0.2, 0.25) is 0 Å². The minimum atomic E-state index is -1.44. The average molecular weight is 219 g/mol. The molecule has 15 heavy (non-hydrogen) atoms. The first kappa shape index (κ1) is 13.9. The first-order valence-corrected chi connectivity index (χ1v) is 4.54. The number of carbonyl (C=O) groups is 2. The highest BCUT2D eigenvalue weighted by atomic mass is 16.4. The third-order valence-corrected chi connectivity index (χ3v) is 2.13. The van der Waals surface area contributed by atoms with Crippen LogP contribution in [0.5, 0.6) is 0 Å². The fraction of sp³-hybridized carbons (Fsp3) is 0.778. The Balaban J connectivity index is 4.40. The zero-order valence-electron chi connectivity index (χ0n) is 9.02. The number of aliphatic hydroxyl groups is 2. The standard InChI is InChI=1S/C9H17NO5/c1-5(8(14)15)10-7(13)6(12)9(2,3)4-11/h5-6,11-12H,4H2,1-3H3,(H,10,13)(H,14,15)/t5-,6?/m0/s1. The van der Waals surface area contributed by atoms with E-state index in [-0.39, 0.29) is 6.61 Å². The van der Waals surface area contributed by atoms with E-state index in [1.165, 1.54) is 20.8 Å². The number of hydrogen-bond donors (Lipinski definition) is 4. The molecule has 0 rings (SSSR count). The molecule has 2 atom stereocenters. The monoisotopic (exact) mass is 219 g/mol. The summed E-state index contributed by atoms with van der Waals surface area (Å²) in [5, 5.41) is 29.1. The van der Waals surface area contributed by atoms with E-state index in [2.05, 4.69) is 5.32 Å². The van der Waals surface area contributed by atoms with Gasteiger partial charge in [-0.15, -0.1) is 0 Å². The first-order chi connectivity index (χ1) is 6.72. The second kappa shape index (κ2) is 5.09. The number of amides is 1. The Hall–Kier alpha value is -1.14. The van der Waals surface area contributed by atoms with Gasteiger partial charge in [-0.3, -0.25) is 9.59 Å². The molecule has 0 aromatic heterocycles. The Bertz CT molecular complexity index is 251. The minimum absolute atomic E-state index is 0.372. The summed E-state index contributed by atoms with van der Waals surface area (Å²) >= 11 is 0. The largest absolute Gasteiger partial charge is 0.480 e. The van der Waals surface area contributed by atoms with Crippen molar-refractivity contribution in [1.82, 2.24) is 5.32 Å². The highest BCUT2D eigenvalue weighted by Gasteiger charge is 2.34. The summed E-state index contributed by atoms with van der Waals surface area (Å²) in [4.78, 5) is 21.8. The highest BCUT2D eigenvalue weighted by molar-refractivity contribution is 5.86. The van der Waals surface area contributed by atoms with Crippen LogP contribution in [0.15, 0.2) is 0 Å². The van der Waals surface area contributed by atoms with Gasteiger partial charge in [-0.05, 0) is 6.92 Å². The predicted octanol–water partition coefficient (Wildman–Crippen LogP) is -1.04. The van der Waals surface area contributed by atoms with E-state index in [0.717, 1.165) is 0 Å². The van der Waals surface area contributed by atoms with Gasteiger partial charge in [-0.1, -0.05) is 13.8 Å². The molecule has 0 aromatic carbocycles. The summed E-state index contributed by atoms with van der Waals surface area (Å²) in [6.07, 6.45) is -1.44. The van der Waals surface area contributed by atoms with Crippen LogP contribution in [0.3, 0.4) is 0 Å². The van der Waals surface area contributed by atoms with Crippen LogP contribution >= 0.6 is 0 Å². The smallest absolute Gasteiger partial charge is 0.325 e. The molecule has 0 aliphatic carbocycles. The highest BCUT2D eigenvalue weighted by Crippen LogP contribution is 2.19. The molecule has 1 unspecified atom stereocenters. The van der Waals surface area contributed by atoms with Crippen molar-refractivity contribution >= 4 is 11.9 Å². The van der Waals surface area contributed by atoms with Crippen molar-refractivity contribution in [2.45, 2.75) is 32.9 Å². The van der Waals surface area contributed by atoms with Gasteiger partial charge < -0.3 is 20.6 Å². The van der Waals surface area contributed by atoms with Crippen LogP contribution in [0.1, 0.15) is 20.8 Å². The maximum absolute atomic E-state index is 11.3. The topological polar surface area (TPSA) is 107 Å². The van der Waals surface area contributed by atoms with E-state index in [4.69, 9.17) is 10.2 Å². The molecule has 4 N–H and O–H groups in total. The fourth-order valence-electron chi connectivity index (χ4n) is 0.795. The van der Waals surface area contributed by atoms with E-state index in [1.807, 2.05) is 0 Å². The number of carboxylic acids is 1. The van der Waals surface area contributed by atoms with E-state index < -0.39 is 29.4 Å². The zero-order chi connectivity index (χ0) is 12.2. The van der Waals surface area contributed by atoms with Gasteiger partial charge in [0.05, 0.1) is 6.61 Å². The van der Waals surface area contributed by atoms with Gasteiger partial charge in [0, 0.05) is 5.41 Å². The number of nitrogens with one attached hydrogen (secondary N) is 1. The molecule has 0 saturated heterocycles. The molecule has 0 bridgehead atoms. The number of rotatable bonds is 5. The molecule has 0 spiro atoms. The maximum Gasteiger partial charge on any atom is 0.325 e. The first-order valence-electron chi connectivity index (χ1n) is 4.54. The van der Waals surface area contributed by atoms with Crippen molar-refractivity contribution in [3.63, 3.8) is 0 Å². The number of carboxylic acid groups (broad SMARTS) is 1. The van der Waals surface area contributed by atoms with Crippen molar-refractivity contribution in [3.8, 4) is 0 Å². The van der Waals surface area contributed by atoms with Gasteiger partial charge in [0.15, 0.2) is 0 Å². The summed E-state index contributed by atoms with van der Waals surface area (Å²) in [5.74, 6) is -1.98. The molecular formula is C9H17NO5. The van der Waals surface area contributed by atoms with Gasteiger partial charge in [-0.2, -0.15) is 0 Å². The van der Waals surface area contributed by atoms with Crippen molar-refractivity contribution < 1.29 is 24.9 Å². The molecule has 6 heteroatoms. The molecule has 0 saturated carbocycles. The Labute approximate surface area is 87.9 Å². The van der Waals surface area contributed by atoms with E-state index in [0.29, 0.717) is 0 Å². The number of hydrogen-bond acceptors (Lipinski definition) is 4. The Morgan fingerprint density at radius 3 is 2.20 bits per heavy atom. The predicted molar refractivity (Wildman–Crippen MR) is 52.1 cm³/mol. The van der Waals surface area contributed by atoms with Gasteiger partial charge in [0.2, 0.25) is 5.91 Å². The van der Waals surface area contributed by atoms with Crippen LogP contribution in [-0.4, -0.2) is 45.9 Å². The van der Waals surface area contributed by atoms with Crippen LogP contribution in [0.4, 0.5) is 0 Å². The van der Waals surface area contributed by atoms with Crippen molar-refractivity contribution in [2.75, 3.05) is 6.61 Å². The van der Waals surface area contributed by atoms with Crippen LogP contribution in [-0.2, 0) is 9.59 Å². The number of aliphatic carboxylic acids is 1. The van der Waals surface area contributed by atoms with Crippen LogP contribution < -0.4 is 5.32 Å². The molecule has 0 fully saturated rings. The van der Waals surface area contributed by atoms with E-state index >= 15 is 0 Å². The molecule has 0 aliphatic heterocycles. The van der Waals surface area contributed by atoms with Gasteiger partial charge in [0.1, 0.15) is 12.1 Å². The molecule has 0 radical (unpaired) electrons. The van der Waals surface area contributed by atoms with Crippen LogP contribution in [0.25, 0.3) is 0 Å². The molecule has 1 amide bonds. The summed E-state index contributed by atoms with van der Waals surface area (Å²) in [5.41, 5.74) is -0.998. The van der Waals surface area contributed by atoms with Crippen molar-refractivity contribution in [1.29, 1.82) is 0 Å². The summed E-state index contributed by atoms with van der Waals surface area (Å²) < 4.78 is 0. The van der Waals surface area contributed by atoms with E-state index in [9.17, 15) is 14.7 Å². The third-order valence-electron chi connectivity index (χ3n) is 2.13. The third kappa shape index (κ3) is 3.85. The van der Waals surface area contributed by atoms with Crippen molar-refractivity contribution in [2.24, 2.45) is 5.41 Å². The lowest BCUT2D eigenvalue weighted by Gasteiger charge is -2.27. The SMILES string of the molecule is C[C@H](NC(=O)C(O)C(C)(C)CO)C(=O)O. The quantitative estimate of drug-likeness (QED) is 0.472. The molecule has 0 aromatic rings.